The summed E-state index contributed by atoms with van der Waals surface area (Å²) in [5.41, 5.74) is 0.708. The zero-order chi connectivity index (χ0) is 19.5. The lowest BCUT2D eigenvalue weighted by atomic mass is 10.1. The van der Waals surface area contributed by atoms with E-state index in [0.717, 1.165) is 38.8 Å². The number of hydrogen-bond donors (Lipinski definition) is 0. The summed E-state index contributed by atoms with van der Waals surface area (Å²) in [6.07, 6.45) is 4.51. The van der Waals surface area contributed by atoms with E-state index < -0.39 is 0 Å². The summed E-state index contributed by atoms with van der Waals surface area (Å²) in [6.45, 7) is 2.56. The minimum atomic E-state index is -0.380. The van der Waals surface area contributed by atoms with Crippen LogP contribution in [0.2, 0.25) is 0 Å². The van der Waals surface area contributed by atoms with E-state index in [4.69, 9.17) is 10.00 Å². The van der Waals surface area contributed by atoms with Crippen LogP contribution in [0.3, 0.4) is 0 Å². The molecule has 1 atom stereocenters. The number of rotatable bonds is 4. The Morgan fingerprint density at radius 1 is 1.29 bits per heavy atom. The van der Waals surface area contributed by atoms with E-state index in [0.29, 0.717) is 29.7 Å². The van der Waals surface area contributed by atoms with Gasteiger partial charge in [-0.15, -0.1) is 0 Å². The number of carbonyl (C=O) groups is 1. The lowest BCUT2D eigenvalue weighted by Gasteiger charge is -2.33. The zero-order valence-corrected chi connectivity index (χ0v) is 15.7. The second kappa shape index (κ2) is 8.11. The van der Waals surface area contributed by atoms with Crippen molar-refractivity contribution in [3.63, 3.8) is 0 Å². The Balaban J connectivity index is 1.33. The van der Waals surface area contributed by atoms with Gasteiger partial charge in [0.25, 0.3) is 0 Å². The first-order valence-corrected chi connectivity index (χ1v) is 9.76. The smallest absolute Gasteiger partial charge is 0.237 e. The highest BCUT2D eigenvalue weighted by Gasteiger charge is 2.30. The van der Waals surface area contributed by atoms with Crippen molar-refractivity contribution in [3.8, 4) is 11.8 Å². The average Bonchev–Trinajstić information content (AvgIpc) is 3.19. The monoisotopic (exact) mass is 382 g/mol. The highest BCUT2D eigenvalue weighted by Crippen LogP contribution is 2.28. The molecule has 0 saturated carbocycles. The van der Waals surface area contributed by atoms with Gasteiger partial charge in [0.1, 0.15) is 23.7 Å². The molecule has 0 spiro atoms. The molecule has 7 heteroatoms. The van der Waals surface area contributed by atoms with Gasteiger partial charge in [0.05, 0.1) is 24.3 Å². The Bertz CT molecular complexity index is 905. The first-order chi connectivity index (χ1) is 13.6. The normalized spacial score (nSPS) is 21.0. The van der Waals surface area contributed by atoms with E-state index in [1.54, 1.807) is 4.90 Å². The topological polar surface area (TPSA) is 69.5 Å². The molecule has 0 N–H and O–H groups in total. The van der Waals surface area contributed by atoms with Crippen molar-refractivity contribution in [2.75, 3.05) is 26.2 Å². The second-order valence-electron chi connectivity index (χ2n) is 7.44. The van der Waals surface area contributed by atoms with E-state index >= 15 is 0 Å². The minimum Gasteiger partial charge on any atom is -0.490 e. The zero-order valence-electron chi connectivity index (χ0n) is 15.7. The van der Waals surface area contributed by atoms with E-state index in [-0.39, 0.29) is 23.9 Å². The average molecular weight is 382 g/mol. The molecule has 28 heavy (non-hydrogen) atoms. The van der Waals surface area contributed by atoms with Crippen LogP contribution in [0.25, 0.3) is 10.9 Å². The molecule has 0 unspecified atom stereocenters. The summed E-state index contributed by atoms with van der Waals surface area (Å²) in [6, 6.07) is 8.94. The third kappa shape index (κ3) is 3.92. The van der Waals surface area contributed by atoms with Gasteiger partial charge in [-0.2, -0.15) is 5.26 Å². The van der Waals surface area contributed by atoms with Gasteiger partial charge in [-0.05, 0) is 43.9 Å². The van der Waals surface area contributed by atoms with Gasteiger partial charge in [0.15, 0.2) is 0 Å². The predicted molar refractivity (Wildman–Crippen MR) is 102 cm³/mol. The number of amides is 1. The molecule has 2 aliphatic rings. The largest absolute Gasteiger partial charge is 0.490 e. The van der Waals surface area contributed by atoms with Crippen LogP contribution in [-0.2, 0) is 4.79 Å². The van der Waals surface area contributed by atoms with Gasteiger partial charge in [-0.3, -0.25) is 14.7 Å². The number of fused-ring (bicyclic) bond motifs is 1. The number of hydrogen-bond acceptors (Lipinski definition) is 5. The molecular weight excluding hydrogens is 359 g/mol. The fourth-order valence-corrected chi connectivity index (χ4v) is 4.05. The number of aromatic nitrogens is 1. The molecule has 0 aliphatic carbocycles. The van der Waals surface area contributed by atoms with Gasteiger partial charge in [0.2, 0.25) is 5.91 Å². The van der Waals surface area contributed by atoms with Crippen LogP contribution in [0.15, 0.2) is 30.5 Å². The van der Waals surface area contributed by atoms with E-state index in [1.807, 2.05) is 18.2 Å². The third-order valence-corrected chi connectivity index (χ3v) is 5.56. The molecule has 2 aliphatic heterocycles. The number of nitriles is 1. The van der Waals surface area contributed by atoms with Crippen molar-refractivity contribution in [1.29, 1.82) is 5.26 Å². The predicted octanol–water partition coefficient (Wildman–Crippen LogP) is 2.73. The summed E-state index contributed by atoms with van der Waals surface area (Å²) >= 11 is 0. The van der Waals surface area contributed by atoms with Gasteiger partial charge >= 0.3 is 0 Å². The summed E-state index contributed by atoms with van der Waals surface area (Å²) in [5, 5.41) is 9.83. The van der Waals surface area contributed by atoms with Crippen molar-refractivity contribution in [1.82, 2.24) is 14.8 Å². The van der Waals surface area contributed by atoms with Gasteiger partial charge in [0, 0.05) is 25.0 Å². The number of ether oxygens (including phenoxy) is 1. The molecule has 1 amide bonds. The van der Waals surface area contributed by atoms with Crippen LogP contribution in [0, 0.1) is 17.1 Å². The fourth-order valence-electron chi connectivity index (χ4n) is 4.05. The molecule has 0 bridgehead atoms. The molecule has 3 heterocycles. The van der Waals surface area contributed by atoms with Gasteiger partial charge in [-0.25, -0.2) is 4.39 Å². The van der Waals surface area contributed by atoms with E-state index in [1.165, 1.54) is 12.3 Å². The highest BCUT2D eigenvalue weighted by atomic mass is 19.1. The summed E-state index contributed by atoms with van der Waals surface area (Å²) in [5.74, 6) is 0.307. The molecular formula is C21H23FN4O2. The molecule has 4 rings (SSSR count). The number of piperidine rings is 1. The summed E-state index contributed by atoms with van der Waals surface area (Å²) in [4.78, 5) is 20.4. The van der Waals surface area contributed by atoms with Gasteiger partial charge < -0.3 is 9.64 Å². The van der Waals surface area contributed by atoms with Crippen LogP contribution < -0.4 is 4.74 Å². The molecule has 6 nitrogen and oxygen atoms in total. The molecule has 2 saturated heterocycles. The second-order valence-corrected chi connectivity index (χ2v) is 7.44. The number of carbonyl (C=O) groups excluding carboxylic acids is 1. The van der Waals surface area contributed by atoms with Crippen molar-refractivity contribution < 1.29 is 13.9 Å². The molecule has 1 aromatic carbocycles. The molecule has 2 aromatic rings. The van der Waals surface area contributed by atoms with E-state index in [9.17, 15) is 9.18 Å². The number of benzene rings is 1. The summed E-state index contributed by atoms with van der Waals surface area (Å²) in [7, 11) is 0. The molecule has 146 valence electrons. The number of pyridine rings is 1. The van der Waals surface area contributed by atoms with Crippen molar-refractivity contribution in [3.05, 3.63) is 36.3 Å². The van der Waals surface area contributed by atoms with Crippen LogP contribution >= 0.6 is 0 Å². The lowest BCUT2D eigenvalue weighted by Crippen LogP contribution is -2.46. The quantitative estimate of drug-likeness (QED) is 0.813. The van der Waals surface area contributed by atoms with Gasteiger partial charge in [-0.1, -0.05) is 6.07 Å². The van der Waals surface area contributed by atoms with Crippen molar-refractivity contribution >= 4 is 16.8 Å². The Labute approximate surface area is 163 Å². The maximum Gasteiger partial charge on any atom is 0.237 e. The van der Waals surface area contributed by atoms with Crippen LogP contribution in [0.4, 0.5) is 4.39 Å². The Kier molecular flexibility index (Phi) is 5.40. The Hall–Kier alpha value is -2.72. The molecule has 0 radical (unpaired) electrons. The number of nitrogens with zero attached hydrogens (tertiary/aromatic N) is 4. The maximum absolute atomic E-state index is 13.6. The number of halogens is 1. The van der Waals surface area contributed by atoms with Crippen LogP contribution in [0.5, 0.6) is 5.75 Å². The first kappa shape index (κ1) is 18.6. The van der Waals surface area contributed by atoms with Crippen molar-refractivity contribution in [2.24, 2.45) is 0 Å². The minimum absolute atomic E-state index is 0.0267. The van der Waals surface area contributed by atoms with E-state index in [2.05, 4.69) is 16.0 Å². The number of likely N-dealkylation sites (tertiary alicyclic amines) is 2. The standard InChI is InChI=1S/C21H23FN4O2/c22-15-11-18-19(24-13-15)4-1-5-20(18)28-17-6-9-25(10-7-17)14-21(27)26-8-2-3-16(26)12-23/h1,4-5,11,13,16-17H,2-3,6-10,14H2/t16-/m0/s1. The fraction of sp³-hybridized carbons (Fsp3) is 0.476. The molecule has 1 aromatic heterocycles. The maximum atomic E-state index is 13.6. The highest BCUT2D eigenvalue weighted by molar-refractivity contribution is 5.85. The van der Waals surface area contributed by atoms with Crippen LogP contribution in [-0.4, -0.2) is 59.0 Å². The Morgan fingerprint density at radius 2 is 2.11 bits per heavy atom. The first-order valence-electron chi connectivity index (χ1n) is 9.76. The third-order valence-electron chi connectivity index (χ3n) is 5.56. The Morgan fingerprint density at radius 3 is 2.89 bits per heavy atom. The molecule has 2 fully saturated rings. The van der Waals surface area contributed by atoms with Crippen molar-refractivity contribution in [2.45, 2.75) is 37.8 Å². The van der Waals surface area contributed by atoms with Crippen LogP contribution in [0.1, 0.15) is 25.7 Å². The summed E-state index contributed by atoms with van der Waals surface area (Å²) < 4.78 is 19.7. The SMILES string of the molecule is N#C[C@@H]1CCCN1C(=O)CN1CCC(Oc2cccc3ncc(F)cc23)CC1. The lowest BCUT2D eigenvalue weighted by molar-refractivity contribution is -0.132.